The number of carbonyl (C=O) groups is 1. The van der Waals surface area contributed by atoms with E-state index in [4.69, 9.17) is 0 Å². The van der Waals surface area contributed by atoms with E-state index in [1.807, 2.05) is 35.2 Å². The van der Waals surface area contributed by atoms with Gasteiger partial charge >= 0.3 is 0 Å². The molecule has 0 unspecified atom stereocenters. The van der Waals surface area contributed by atoms with Crippen LogP contribution >= 0.6 is 0 Å². The highest BCUT2D eigenvalue weighted by Gasteiger charge is 2.22. The van der Waals surface area contributed by atoms with Gasteiger partial charge in [0.15, 0.2) is 0 Å². The number of pyridine rings is 1. The maximum absolute atomic E-state index is 12.7. The van der Waals surface area contributed by atoms with E-state index in [0.29, 0.717) is 18.7 Å². The molecule has 2 heterocycles. The van der Waals surface area contributed by atoms with Crippen molar-refractivity contribution < 1.29 is 9.90 Å². The predicted molar refractivity (Wildman–Crippen MR) is 102 cm³/mol. The van der Waals surface area contributed by atoms with Crippen LogP contribution in [0.1, 0.15) is 29.8 Å². The van der Waals surface area contributed by atoms with Gasteiger partial charge in [-0.25, -0.2) is 4.98 Å². The Balaban J connectivity index is 1.61. The molecular formula is C21H23N3O2. The highest BCUT2D eigenvalue weighted by atomic mass is 16.3. The number of rotatable bonds is 2. The molecule has 0 bridgehead atoms. The minimum atomic E-state index is -1.03. The van der Waals surface area contributed by atoms with Gasteiger partial charge in [0.1, 0.15) is 11.4 Å². The number of hydrogen-bond donors (Lipinski definition) is 1. The van der Waals surface area contributed by atoms with E-state index in [1.165, 1.54) is 0 Å². The number of hydrogen-bond acceptors (Lipinski definition) is 4. The molecule has 1 aromatic carbocycles. The molecule has 0 atom stereocenters. The van der Waals surface area contributed by atoms with E-state index in [2.05, 4.69) is 21.7 Å². The normalized spacial score (nSPS) is 14.6. The Morgan fingerprint density at radius 1 is 1.08 bits per heavy atom. The van der Waals surface area contributed by atoms with Crippen LogP contribution in [0.3, 0.4) is 0 Å². The number of carbonyl (C=O) groups excluding carboxylic acids is 1. The molecule has 26 heavy (non-hydrogen) atoms. The molecule has 3 rings (SSSR count). The Hall–Kier alpha value is -2.84. The molecule has 0 aliphatic carbocycles. The van der Waals surface area contributed by atoms with Crippen LogP contribution < -0.4 is 4.90 Å². The first kappa shape index (κ1) is 18.0. The number of amides is 1. The van der Waals surface area contributed by atoms with Crippen molar-refractivity contribution in [3.63, 3.8) is 0 Å². The van der Waals surface area contributed by atoms with Crippen molar-refractivity contribution in [2.24, 2.45) is 0 Å². The summed E-state index contributed by atoms with van der Waals surface area (Å²) in [5.74, 6) is 6.67. The number of benzene rings is 1. The Morgan fingerprint density at radius 2 is 1.77 bits per heavy atom. The largest absolute Gasteiger partial charge is 0.378 e. The lowest BCUT2D eigenvalue weighted by atomic mass is 10.1. The second kappa shape index (κ2) is 7.59. The number of nitrogens with zero attached hydrogens (tertiary/aromatic N) is 3. The highest BCUT2D eigenvalue weighted by molar-refractivity contribution is 5.94. The summed E-state index contributed by atoms with van der Waals surface area (Å²) in [6, 6.07) is 13.1. The van der Waals surface area contributed by atoms with E-state index < -0.39 is 5.60 Å². The molecule has 2 aromatic rings. The second-order valence-electron chi connectivity index (χ2n) is 6.85. The van der Waals surface area contributed by atoms with E-state index in [1.54, 1.807) is 32.2 Å². The van der Waals surface area contributed by atoms with Crippen molar-refractivity contribution in [3.8, 4) is 11.8 Å². The van der Waals surface area contributed by atoms with Crippen molar-refractivity contribution >= 4 is 11.7 Å². The summed E-state index contributed by atoms with van der Waals surface area (Å²) in [6.07, 6.45) is 1.79. The molecule has 0 spiro atoms. The standard InChI is InChI=1S/C21H23N3O2/c1-21(2,26)11-10-17-6-8-18(9-7-17)20(25)24-15-13-23(14-16-24)19-5-3-4-12-22-19/h3-9,12,26H,13-16H2,1-2H3. The number of anilines is 1. The van der Waals surface area contributed by atoms with E-state index >= 15 is 0 Å². The monoisotopic (exact) mass is 349 g/mol. The summed E-state index contributed by atoms with van der Waals surface area (Å²) in [4.78, 5) is 21.1. The molecule has 5 heteroatoms. The second-order valence-corrected chi connectivity index (χ2v) is 6.85. The average molecular weight is 349 g/mol. The van der Waals surface area contributed by atoms with Crippen LogP contribution in [-0.2, 0) is 0 Å². The zero-order chi connectivity index (χ0) is 18.6. The van der Waals surface area contributed by atoms with E-state index in [0.717, 1.165) is 24.5 Å². The molecule has 1 aromatic heterocycles. The summed E-state index contributed by atoms with van der Waals surface area (Å²) in [5.41, 5.74) is 0.413. The molecule has 1 fully saturated rings. The zero-order valence-electron chi connectivity index (χ0n) is 15.1. The topological polar surface area (TPSA) is 56.7 Å². The minimum Gasteiger partial charge on any atom is -0.378 e. The maximum Gasteiger partial charge on any atom is 0.253 e. The van der Waals surface area contributed by atoms with Crippen molar-refractivity contribution in [1.29, 1.82) is 0 Å². The first-order valence-corrected chi connectivity index (χ1v) is 8.73. The Bertz CT molecular complexity index is 806. The molecule has 1 aliphatic heterocycles. The van der Waals surface area contributed by atoms with Crippen LogP contribution in [0.2, 0.25) is 0 Å². The predicted octanol–water partition coefficient (Wildman–Crippen LogP) is 2.17. The third-order valence-corrected chi connectivity index (χ3v) is 4.18. The summed E-state index contributed by atoms with van der Waals surface area (Å²) in [5, 5.41) is 9.65. The summed E-state index contributed by atoms with van der Waals surface area (Å²) >= 11 is 0. The molecule has 134 valence electrons. The first-order chi connectivity index (χ1) is 12.4. The van der Waals surface area contributed by atoms with Gasteiger partial charge < -0.3 is 14.9 Å². The Kier molecular flexibility index (Phi) is 5.24. The quantitative estimate of drug-likeness (QED) is 0.845. The highest BCUT2D eigenvalue weighted by Crippen LogP contribution is 2.15. The van der Waals surface area contributed by atoms with Gasteiger partial charge in [-0.2, -0.15) is 0 Å². The fourth-order valence-electron chi connectivity index (χ4n) is 2.78. The molecular weight excluding hydrogens is 326 g/mol. The van der Waals surface area contributed by atoms with E-state index in [-0.39, 0.29) is 5.91 Å². The molecule has 0 saturated carbocycles. The summed E-state index contributed by atoms with van der Waals surface area (Å²) in [6.45, 7) is 6.19. The molecule has 1 aliphatic rings. The average Bonchev–Trinajstić information content (AvgIpc) is 2.66. The number of piperazine rings is 1. The SMILES string of the molecule is CC(C)(O)C#Cc1ccc(C(=O)N2CCN(c3ccccn3)CC2)cc1. The van der Waals surface area contributed by atoms with Gasteiger partial charge in [0.25, 0.3) is 5.91 Å². The molecule has 5 nitrogen and oxygen atoms in total. The fraction of sp³-hybridized carbons (Fsp3) is 0.333. The van der Waals surface area contributed by atoms with Crippen LogP contribution in [0.5, 0.6) is 0 Å². The Morgan fingerprint density at radius 3 is 2.35 bits per heavy atom. The third-order valence-electron chi connectivity index (χ3n) is 4.18. The molecule has 0 radical (unpaired) electrons. The minimum absolute atomic E-state index is 0.0349. The van der Waals surface area contributed by atoms with Gasteiger partial charge in [-0.1, -0.05) is 17.9 Å². The Labute approximate surface area is 154 Å². The third kappa shape index (κ3) is 4.62. The van der Waals surface area contributed by atoms with Crippen molar-refractivity contribution in [2.45, 2.75) is 19.4 Å². The molecule has 1 N–H and O–H groups in total. The van der Waals surface area contributed by atoms with Gasteiger partial charge in [-0.15, -0.1) is 0 Å². The van der Waals surface area contributed by atoms with Crippen LogP contribution in [0.15, 0.2) is 48.7 Å². The zero-order valence-corrected chi connectivity index (χ0v) is 15.1. The summed E-state index contributed by atoms with van der Waals surface area (Å²) in [7, 11) is 0. The van der Waals surface area contributed by atoms with Crippen LogP contribution in [0, 0.1) is 11.8 Å². The smallest absolute Gasteiger partial charge is 0.253 e. The number of aromatic nitrogens is 1. The van der Waals surface area contributed by atoms with Crippen molar-refractivity contribution in [2.75, 3.05) is 31.1 Å². The van der Waals surface area contributed by atoms with Gasteiger partial charge in [-0.3, -0.25) is 4.79 Å². The van der Waals surface area contributed by atoms with Crippen LogP contribution in [0.25, 0.3) is 0 Å². The fourth-order valence-corrected chi connectivity index (χ4v) is 2.78. The molecule has 1 saturated heterocycles. The first-order valence-electron chi connectivity index (χ1n) is 8.73. The lowest BCUT2D eigenvalue weighted by Gasteiger charge is -2.35. The number of aliphatic hydroxyl groups is 1. The van der Waals surface area contributed by atoms with Gasteiger partial charge in [0.05, 0.1) is 0 Å². The van der Waals surface area contributed by atoms with Gasteiger partial charge in [0, 0.05) is 43.5 Å². The van der Waals surface area contributed by atoms with Crippen LogP contribution in [-0.4, -0.2) is 52.7 Å². The van der Waals surface area contributed by atoms with Crippen LogP contribution in [0.4, 0.5) is 5.82 Å². The maximum atomic E-state index is 12.7. The lowest BCUT2D eigenvalue weighted by Crippen LogP contribution is -2.49. The van der Waals surface area contributed by atoms with Crippen molar-refractivity contribution in [3.05, 3.63) is 59.8 Å². The van der Waals surface area contributed by atoms with E-state index in [9.17, 15) is 9.90 Å². The van der Waals surface area contributed by atoms with Crippen molar-refractivity contribution in [1.82, 2.24) is 9.88 Å². The van der Waals surface area contributed by atoms with Gasteiger partial charge in [0.2, 0.25) is 0 Å². The van der Waals surface area contributed by atoms with Gasteiger partial charge in [-0.05, 0) is 50.2 Å². The summed E-state index contributed by atoms with van der Waals surface area (Å²) < 4.78 is 0. The molecule has 1 amide bonds. The lowest BCUT2D eigenvalue weighted by molar-refractivity contribution is 0.0746.